The SMILES string of the molecule is CCCCCCC(C)C(C)CO. The average molecular weight is 172 g/mol. The monoisotopic (exact) mass is 172 g/mol. The molecule has 0 aromatic carbocycles. The summed E-state index contributed by atoms with van der Waals surface area (Å²) in [6.45, 7) is 6.95. The minimum absolute atomic E-state index is 0.342. The average Bonchev–Trinajstić information content (AvgIpc) is 2.10. The summed E-state index contributed by atoms with van der Waals surface area (Å²) < 4.78 is 0. The molecule has 0 radical (unpaired) electrons. The van der Waals surface area contributed by atoms with Crippen molar-refractivity contribution in [1.29, 1.82) is 0 Å². The number of unbranched alkanes of at least 4 members (excludes halogenated alkanes) is 3. The van der Waals surface area contributed by atoms with Crippen molar-refractivity contribution < 1.29 is 5.11 Å². The zero-order valence-electron chi connectivity index (χ0n) is 8.84. The van der Waals surface area contributed by atoms with Crippen LogP contribution < -0.4 is 0 Å². The van der Waals surface area contributed by atoms with Crippen LogP contribution >= 0.6 is 0 Å². The molecular formula is C11H24O. The van der Waals surface area contributed by atoms with E-state index in [9.17, 15) is 0 Å². The van der Waals surface area contributed by atoms with Gasteiger partial charge in [-0.15, -0.1) is 0 Å². The van der Waals surface area contributed by atoms with Crippen LogP contribution in [0, 0.1) is 11.8 Å². The predicted octanol–water partition coefficient (Wildman–Crippen LogP) is 3.22. The van der Waals surface area contributed by atoms with Gasteiger partial charge in [0.1, 0.15) is 0 Å². The maximum atomic E-state index is 8.91. The normalized spacial score (nSPS) is 16.0. The first-order chi connectivity index (χ1) is 5.72. The van der Waals surface area contributed by atoms with E-state index in [2.05, 4.69) is 20.8 Å². The first-order valence-electron chi connectivity index (χ1n) is 5.33. The molecule has 0 saturated carbocycles. The van der Waals surface area contributed by atoms with E-state index >= 15 is 0 Å². The molecule has 0 saturated heterocycles. The Labute approximate surface area is 77.2 Å². The fraction of sp³-hybridized carbons (Fsp3) is 1.00. The van der Waals surface area contributed by atoms with Gasteiger partial charge < -0.3 is 5.11 Å². The van der Waals surface area contributed by atoms with Gasteiger partial charge in [0, 0.05) is 6.61 Å². The zero-order chi connectivity index (χ0) is 9.40. The van der Waals surface area contributed by atoms with Crippen LogP contribution in [-0.2, 0) is 0 Å². The Morgan fingerprint density at radius 2 is 1.67 bits per heavy atom. The van der Waals surface area contributed by atoms with Crippen molar-refractivity contribution in [2.45, 2.75) is 52.9 Å². The Kier molecular flexibility index (Phi) is 7.58. The molecule has 2 unspecified atom stereocenters. The van der Waals surface area contributed by atoms with Gasteiger partial charge in [-0.25, -0.2) is 0 Å². The molecule has 0 amide bonds. The second-order valence-electron chi connectivity index (χ2n) is 3.99. The summed E-state index contributed by atoms with van der Waals surface area (Å²) in [6.07, 6.45) is 6.64. The standard InChI is InChI=1S/C11H24O/c1-4-5-6-7-8-10(2)11(3)9-12/h10-12H,4-9H2,1-3H3. The van der Waals surface area contributed by atoms with E-state index in [1.807, 2.05) is 0 Å². The third-order valence-corrected chi connectivity index (χ3v) is 2.77. The van der Waals surface area contributed by atoms with Gasteiger partial charge in [0.25, 0.3) is 0 Å². The minimum Gasteiger partial charge on any atom is -0.396 e. The molecule has 0 spiro atoms. The Bertz CT molecular complexity index is 91.0. The van der Waals surface area contributed by atoms with Gasteiger partial charge in [0.2, 0.25) is 0 Å². The number of aliphatic hydroxyl groups is 1. The summed E-state index contributed by atoms with van der Waals surface area (Å²) in [6, 6.07) is 0. The molecule has 12 heavy (non-hydrogen) atoms. The summed E-state index contributed by atoms with van der Waals surface area (Å²) in [7, 11) is 0. The molecular weight excluding hydrogens is 148 g/mol. The van der Waals surface area contributed by atoms with Gasteiger partial charge in [-0.3, -0.25) is 0 Å². The lowest BCUT2D eigenvalue weighted by Crippen LogP contribution is -2.11. The predicted molar refractivity (Wildman–Crippen MR) is 54.2 cm³/mol. The molecule has 2 atom stereocenters. The van der Waals surface area contributed by atoms with Gasteiger partial charge in [0.05, 0.1) is 0 Å². The molecule has 1 heteroatoms. The number of aliphatic hydroxyl groups excluding tert-OH is 1. The molecule has 0 rings (SSSR count). The third-order valence-electron chi connectivity index (χ3n) is 2.77. The third kappa shape index (κ3) is 5.59. The Hall–Kier alpha value is -0.0400. The van der Waals surface area contributed by atoms with Crippen molar-refractivity contribution in [3.8, 4) is 0 Å². The smallest absolute Gasteiger partial charge is 0.0459 e. The van der Waals surface area contributed by atoms with Crippen LogP contribution in [0.4, 0.5) is 0 Å². The Balaban J connectivity index is 3.24. The van der Waals surface area contributed by atoms with Gasteiger partial charge >= 0.3 is 0 Å². The van der Waals surface area contributed by atoms with Gasteiger partial charge in [0.15, 0.2) is 0 Å². The fourth-order valence-corrected chi connectivity index (χ4v) is 1.36. The molecule has 0 aliphatic heterocycles. The van der Waals surface area contributed by atoms with Crippen LogP contribution in [0.15, 0.2) is 0 Å². The molecule has 1 N–H and O–H groups in total. The van der Waals surface area contributed by atoms with E-state index in [0.29, 0.717) is 18.4 Å². The summed E-state index contributed by atoms with van der Waals surface area (Å²) in [5.74, 6) is 1.17. The van der Waals surface area contributed by atoms with E-state index in [4.69, 9.17) is 5.11 Å². The van der Waals surface area contributed by atoms with Crippen LogP contribution in [-0.4, -0.2) is 11.7 Å². The number of hydrogen-bond acceptors (Lipinski definition) is 1. The van der Waals surface area contributed by atoms with Crippen LogP contribution in [0.2, 0.25) is 0 Å². The lowest BCUT2D eigenvalue weighted by Gasteiger charge is -2.16. The maximum Gasteiger partial charge on any atom is 0.0459 e. The number of hydrogen-bond donors (Lipinski definition) is 1. The van der Waals surface area contributed by atoms with E-state index in [0.717, 1.165) is 0 Å². The zero-order valence-corrected chi connectivity index (χ0v) is 8.84. The summed E-state index contributed by atoms with van der Waals surface area (Å²) >= 11 is 0. The highest BCUT2D eigenvalue weighted by Crippen LogP contribution is 2.17. The second kappa shape index (κ2) is 7.60. The molecule has 0 fully saturated rings. The first-order valence-corrected chi connectivity index (χ1v) is 5.33. The molecule has 0 aliphatic rings. The van der Waals surface area contributed by atoms with Crippen molar-refractivity contribution in [3.63, 3.8) is 0 Å². The second-order valence-corrected chi connectivity index (χ2v) is 3.99. The largest absolute Gasteiger partial charge is 0.396 e. The van der Waals surface area contributed by atoms with Crippen molar-refractivity contribution >= 4 is 0 Å². The molecule has 0 aromatic rings. The van der Waals surface area contributed by atoms with Gasteiger partial charge in [-0.05, 0) is 11.8 Å². The maximum absolute atomic E-state index is 8.91. The topological polar surface area (TPSA) is 20.2 Å². The first kappa shape index (κ1) is 12.0. The Morgan fingerprint density at radius 1 is 1.00 bits per heavy atom. The van der Waals surface area contributed by atoms with Crippen molar-refractivity contribution in [2.75, 3.05) is 6.61 Å². The van der Waals surface area contributed by atoms with Gasteiger partial charge in [-0.2, -0.15) is 0 Å². The van der Waals surface area contributed by atoms with Gasteiger partial charge in [-0.1, -0.05) is 52.9 Å². The quantitative estimate of drug-likeness (QED) is 0.585. The lowest BCUT2D eigenvalue weighted by molar-refractivity contribution is 0.188. The van der Waals surface area contributed by atoms with E-state index in [1.54, 1.807) is 0 Å². The highest BCUT2D eigenvalue weighted by molar-refractivity contribution is 4.60. The van der Waals surface area contributed by atoms with Crippen LogP contribution in [0.5, 0.6) is 0 Å². The summed E-state index contributed by atoms with van der Waals surface area (Å²) in [5.41, 5.74) is 0. The van der Waals surface area contributed by atoms with Crippen molar-refractivity contribution in [1.82, 2.24) is 0 Å². The van der Waals surface area contributed by atoms with Crippen LogP contribution in [0.3, 0.4) is 0 Å². The summed E-state index contributed by atoms with van der Waals surface area (Å²) in [5, 5.41) is 8.91. The number of rotatable bonds is 7. The Morgan fingerprint density at radius 3 is 2.17 bits per heavy atom. The molecule has 0 aromatic heterocycles. The molecule has 0 heterocycles. The minimum atomic E-state index is 0.342. The van der Waals surface area contributed by atoms with E-state index in [-0.39, 0.29) is 0 Å². The molecule has 0 aliphatic carbocycles. The molecule has 0 bridgehead atoms. The van der Waals surface area contributed by atoms with Crippen LogP contribution in [0.25, 0.3) is 0 Å². The lowest BCUT2D eigenvalue weighted by atomic mass is 9.91. The van der Waals surface area contributed by atoms with E-state index in [1.165, 1.54) is 32.1 Å². The van der Waals surface area contributed by atoms with Crippen molar-refractivity contribution in [2.24, 2.45) is 11.8 Å². The van der Waals surface area contributed by atoms with E-state index < -0.39 is 0 Å². The highest BCUT2D eigenvalue weighted by atomic mass is 16.3. The molecule has 74 valence electrons. The summed E-state index contributed by atoms with van der Waals surface area (Å²) in [4.78, 5) is 0. The van der Waals surface area contributed by atoms with Crippen molar-refractivity contribution in [3.05, 3.63) is 0 Å². The van der Waals surface area contributed by atoms with Crippen LogP contribution in [0.1, 0.15) is 52.9 Å². The fourth-order valence-electron chi connectivity index (χ4n) is 1.36. The highest BCUT2D eigenvalue weighted by Gasteiger charge is 2.09. The molecule has 1 nitrogen and oxygen atoms in total.